The molecule has 0 aliphatic carbocycles. The van der Waals surface area contributed by atoms with Crippen molar-refractivity contribution >= 4 is 27.3 Å². The van der Waals surface area contributed by atoms with Crippen LogP contribution in [0.4, 0.5) is 20.2 Å². The summed E-state index contributed by atoms with van der Waals surface area (Å²) in [5.74, 6) is -2.88. The average molecular weight is 387 g/mol. The van der Waals surface area contributed by atoms with Crippen LogP contribution in [0.15, 0.2) is 82.7 Å². The second kappa shape index (κ2) is 7.55. The molecule has 0 spiro atoms. The van der Waals surface area contributed by atoms with Gasteiger partial charge in [0.25, 0.3) is 10.0 Å². The van der Waals surface area contributed by atoms with Crippen LogP contribution in [0.5, 0.6) is 0 Å². The molecule has 0 aliphatic heterocycles. The van der Waals surface area contributed by atoms with Crippen LogP contribution in [-0.2, 0) is 10.0 Å². The average Bonchev–Trinajstić information content (AvgIpc) is 2.65. The fraction of sp³-hybridized carbons (Fsp3) is 0. The summed E-state index contributed by atoms with van der Waals surface area (Å²) in [4.78, 5) is 3.53. The number of para-hydroxylation sites is 1. The normalized spacial score (nSPS) is 12.0. The lowest BCUT2D eigenvalue weighted by Gasteiger charge is -2.13. The second-order valence-electron chi connectivity index (χ2n) is 5.51. The molecule has 3 aromatic rings. The van der Waals surface area contributed by atoms with E-state index in [1.807, 2.05) is 0 Å². The summed E-state index contributed by atoms with van der Waals surface area (Å²) in [5, 5.41) is 12.1. The highest BCUT2D eigenvalue weighted by atomic mass is 32.2. The molecule has 0 unspecified atom stereocenters. The molecule has 0 atom stereocenters. The summed E-state index contributed by atoms with van der Waals surface area (Å²) < 4.78 is 52.9. The lowest BCUT2D eigenvalue weighted by Crippen LogP contribution is -2.18. The minimum absolute atomic E-state index is 0.163. The monoisotopic (exact) mass is 387 g/mol. The van der Waals surface area contributed by atoms with Crippen LogP contribution in [0, 0.1) is 11.6 Å². The van der Waals surface area contributed by atoms with Crippen LogP contribution in [0.3, 0.4) is 0 Å². The van der Waals surface area contributed by atoms with Crippen molar-refractivity contribution in [1.29, 1.82) is 0 Å². The van der Waals surface area contributed by atoms with Gasteiger partial charge in [0.1, 0.15) is 0 Å². The molecule has 0 amide bonds. The van der Waals surface area contributed by atoms with Gasteiger partial charge in [-0.05, 0) is 53.9 Å². The Morgan fingerprint density at radius 1 is 0.889 bits per heavy atom. The molecule has 0 radical (unpaired) electrons. The summed E-state index contributed by atoms with van der Waals surface area (Å²) in [7, 11) is -4.10. The predicted octanol–water partition coefficient (Wildman–Crippen LogP) is 3.20. The van der Waals surface area contributed by atoms with Crippen LogP contribution in [0.1, 0.15) is 5.56 Å². The smallest absolute Gasteiger partial charge is 0.261 e. The number of sulfonamides is 1. The lowest BCUT2D eigenvalue weighted by molar-refractivity contribution is -0.212. The van der Waals surface area contributed by atoms with E-state index in [9.17, 15) is 22.3 Å². The zero-order chi connectivity index (χ0) is 19.4. The van der Waals surface area contributed by atoms with E-state index in [-0.39, 0.29) is 11.3 Å². The molecule has 138 valence electrons. The predicted molar refractivity (Wildman–Crippen MR) is 96.2 cm³/mol. The van der Waals surface area contributed by atoms with Gasteiger partial charge in [-0.3, -0.25) is 9.71 Å². The second-order valence-corrected chi connectivity index (χ2v) is 7.19. The molecule has 0 fully saturated rings. The molecule has 5 nitrogen and oxygen atoms in total. The maximum absolute atomic E-state index is 13.3. The molecule has 3 aromatic carbocycles. The quantitative estimate of drug-likeness (QED) is 0.539. The van der Waals surface area contributed by atoms with Crippen molar-refractivity contribution in [3.63, 3.8) is 0 Å². The first-order chi connectivity index (χ1) is 12.8. The fourth-order valence-electron chi connectivity index (χ4n) is 2.22. The van der Waals surface area contributed by atoms with Crippen LogP contribution in [0.2, 0.25) is 0 Å². The van der Waals surface area contributed by atoms with Crippen LogP contribution >= 0.6 is 0 Å². The van der Waals surface area contributed by atoms with Gasteiger partial charge in [0.2, 0.25) is 0 Å². The molecule has 0 heterocycles. The Balaban J connectivity index is 1.79. The van der Waals surface area contributed by atoms with E-state index in [1.54, 1.807) is 30.3 Å². The minimum atomic E-state index is -4.10. The number of hydrogen-bond donors (Lipinski definition) is 1. The first-order valence-corrected chi connectivity index (χ1v) is 9.22. The van der Waals surface area contributed by atoms with Gasteiger partial charge in [-0.2, -0.15) is 0 Å². The maximum atomic E-state index is 13.3. The zero-order valence-corrected chi connectivity index (χ0v) is 14.6. The Morgan fingerprint density at radius 3 is 2.19 bits per heavy atom. The highest BCUT2D eigenvalue weighted by Gasteiger charge is 2.16. The van der Waals surface area contributed by atoms with Gasteiger partial charge < -0.3 is 5.11 Å². The summed E-state index contributed by atoms with van der Waals surface area (Å²) in [6.07, 6.45) is 0. The number of nitrogens with zero attached hydrogens (tertiary/aromatic N) is 1. The first kappa shape index (κ1) is 18.5. The fourth-order valence-corrected chi connectivity index (χ4v) is 3.29. The molecular weight excluding hydrogens is 374 g/mol. The topological polar surface area (TPSA) is 81.6 Å². The van der Waals surface area contributed by atoms with Gasteiger partial charge in [0, 0.05) is 5.69 Å². The highest BCUT2D eigenvalue weighted by molar-refractivity contribution is 7.92. The van der Waals surface area contributed by atoms with Gasteiger partial charge in [0.05, 0.1) is 10.6 Å². The highest BCUT2D eigenvalue weighted by Crippen LogP contribution is 2.19. The first-order valence-electron chi connectivity index (χ1n) is 7.74. The number of hydrogen-bond acceptors (Lipinski definition) is 4. The number of rotatable bonds is 5. The van der Waals surface area contributed by atoms with Gasteiger partial charge in [-0.25, -0.2) is 17.2 Å². The third kappa shape index (κ3) is 4.48. The zero-order valence-electron chi connectivity index (χ0n) is 13.8. The van der Waals surface area contributed by atoms with Crippen molar-refractivity contribution in [2.75, 3.05) is 4.72 Å². The number of nitrogens with one attached hydrogen (secondary N) is 1. The van der Waals surface area contributed by atoms with Crippen molar-refractivity contribution in [3.05, 3.63) is 90.0 Å². The summed E-state index contributed by atoms with van der Waals surface area (Å²) in [6, 6.07) is 16.5. The van der Waals surface area contributed by atoms with E-state index < -0.39 is 32.5 Å². The molecule has 0 aliphatic rings. The molecule has 8 heteroatoms. The van der Waals surface area contributed by atoms with E-state index in [1.165, 1.54) is 24.3 Å². The third-order valence-electron chi connectivity index (χ3n) is 3.57. The van der Waals surface area contributed by atoms with Crippen molar-refractivity contribution in [2.45, 2.75) is 4.90 Å². The molecule has 0 aromatic heterocycles. The van der Waals surface area contributed by atoms with Crippen molar-refractivity contribution in [2.24, 2.45) is 4.99 Å². The Labute approximate surface area is 154 Å². The number of aliphatic imine (C=N–C) groups is 1. The molecule has 3 rings (SSSR count). The Morgan fingerprint density at radius 2 is 1.56 bits per heavy atom. The van der Waals surface area contributed by atoms with Crippen LogP contribution in [0.25, 0.3) is 0 Å². The maximum Gasteiger partial charge on any atom is 0.261 e. The van der Waals surface area contributed by atoms with Crippen LogP contribution < -0.4 is 9.83 Å². The van der Waals surface area contributed by atoms with Gasteiger partial charge in [-0.15, -0.1) is 0 Å². The van der Waals surface area contributed by atoms with Gasteiger partial charge in [0.15, 0.2) is 11.6 Å². The molecule has 0 saturated carbocycles. The minimum Gasteiger partial charge on any atom is -0.858 e. The Hall–Kier alpha value is -3.26. The van der Waals surface area contributed by atoms with Crippen molar-refractivity contribution in [1.82, 2.24) is 0 Å². The van der Waals surface area contributed by atoms with Crippen molar-refractivity contribution in [3.8, 4) is 0 Å². The standard InChI is InChI=1S/C19H14F2N2O3S/c20-17-11-10-16(12-18(17)21)27(25,26)23-15-8-6-13(7-9-15)19(24)22-14-4-2-1-3-5-14/h1-12,23H,(H,22,24)/p-1. The molecule has 0 saturated heterocycles. The third-order valence-corrected chi connectivity index (χ3v) is 4.95. The van der Waals surface area contributed by atoms with Gasteiger partial charge >= 0.3 is 0 Å². The SMILES string of the molecule is O=S(=O)(Nc1ccc(C([O-])=Nc2ccccc2)cc1)c1ccc(F)c(F)c1. The molecule has 0 bridgehead atoms. The van der Waals surface area contributed by atoms with E-state index in [2.05, 4.69) is 9.71 Å². The molecular formula is C19H13F2N2O3S-. The van der Waals surface area contributed by atoms with E-state index in [0.717, 1.165) is 12.1 Å². The van der Waals surface area contributed by atoms with E-state index in [0.29, 0.717) is 11.8 Å². The summed E-state index contributed by atoms with van der Waals surface area (Å²) >= 11 is 0. The molecule has 27 heavy (non-hydrogen) atoms. The largest absolute Gasteiger partial charge is 0.858 e. The van der Waals surface area contributed by atoms with Gasteiger partial charge in [-0.1, -0.05) is 30.3 Å². The lowest BCUT2D eigenvalue weighted by atomic mass is 10.2. The molecule has 1 N–H and O–H groups in total. The number of halogens is 2. The van der Waals surface area contributed by atoms with Crippen molar-refractivity contribution < 1.29 is 22.3 Å². The van der Waals surface area contributed by atoms with Crippen LogP contribution in [-0.4, -0.2) is 14.3 Å². The van der Waals surface area contributed by atoms with E-state index in [4.69, 9.17) is 0 Å². The Kier molecular flexibility index (Phi) is 5.18. The number of anilines is 1. The van der Waals surface area contributed by atoms with E-state index >= 15 is 0 Å². The summed E-state index contributed by atoms with van der Waals surface area (Å²) in [6.45, 7) is 0. The Bertz CT molecular complexity index is 1080. The summed E-state index contributed by atoms with van der Waals surface area (Å²) in [5.41, 5.74) is 0.941. The number of benzene rings is 3.